The average Bonchev–Trinajstić information content (AvgIpc) is 2.39. The Morgan fingerprint density at radius 2 is 1.95 bits per heavy atom. The third-order valence-corrected chi connectivity index (χ3v) is 3.68. The summed E-state index contributed by atoms with van der Waals surface area (Å²) in [5.74, 6) is 0.476. The first-order valence-electron chi connectivity index (χ1n) is 6.78. The fourth-order valence-corrected chi connectivity index (χ4v) is 2.74. The van der Waals surface area contributed by atoms with Crippen LogP contribution in [0.2, 0.25) is 0 Å². The molecule has 1 aliphatic carbocycles. The van der Waals surface area contributed by atoms with Crippen molar-refractivity contribution >= 4 is 6.29 Å². The fraction of sp³-hybridized carbons (Fsp3) is 0.692. The molecular weight excluding hydrogens is 246 g/mol. The second-order valence-electron chi connectivity index (χ2n) is 4.99. The van der Waals surface area contributed by atoms with Crippen molar-refractivity contribution in [2.75, 3.05) is 0 Å². The Balaban J connectivity index is 2.44. The maximum absolute atomic E-state index is 12.4. The molecule has 0 spiro atoms. The molecule has 0 radical (unpaired) electrons. The van der Waals surface area contributed by atoms with E-state index in [1.54, 1.807) is 11.5 Å². The Bertz CT molecular complexity index is 567. The zero-order valence-electron chi connectivity index (χ0n) is 11.2. The molecule has 0 aliphatic heterocycles. The van der Waals surface area contributed by atoms with Crippen molar-refractivity contribution in [1.82, 2.24) is 14.1 Å². The first-order chi connectivity index (χ1) is 9.15. The largest absolute Gasteiger partial charge is 0.353 e. The Kier molecular flexibility index (Phi) is 4.29. The highest BCUT2D eigenvalue weighted by Crippen LogP contribution is 2.27. The van der Waals surface area contributed by atoms with E-state index in [1.165, 1.54) is 6.42 Å². The van der Waals surface area contributed by atoms with E-state index in [-0.39, 0.29) is 24.7 Å². The number of hydrogen-bond acceptors (Lipinski definition) is 4. The lowest BCUT2D eigenvalue weighted by atomic mass is 9.95. The maximum Gasteiger partial charge on any atom is 0.353 e. The number of carbonyl (C=O) groups excluding carboxylic acids is 1. The van der Waals surface area contributed by atoms with Gasteiger partial charge in [-0.05, 0) is 19.8 Å². The van der Waals surface area contributed by atoms with Crippen molar-refractivity contribution in [2.45, 2.75) is 58.0 Å². The smallest absolute Gasteiger partial charge is 0.303 e. The summed E-state index contributed by atoms with van der Waals surface area (Å²) in [5.41, 5.74) is -0.886. The molecule has 0 atom stereocenters. The predicted octanol–water partition coefficient (Wildman–Crippen LogP) is 0.808. The summed E-state index contributed by atoms with van der Waals surface area (Å²) >= 11 is 0. The molecule has 0 unspecified atom stereocenters. The zero-order chi connectivity index (χ0) is 13.8. The molecule has 6 nitrogen and oxygen atoms in total. The van der Waals surface area contributed by atoms with Crippen LogP contribution in [0.25, 0.3) is 0 Å². The summed E-state index contributed by atoms with van der Waals surface area (Å²) in [6.07, 6.45) is 6.17. The van der Waals surface area contributed by atoms with E-state index in [0.29, 0.717) is 12.1 Å². The Morgan fingerprint density at radius 1 is 1.26 bits per heavy atom. The highest BCUT2D eigenvalue weighted by Gasteiger charge is 2.20. The quantitative estimate of drug-likeness (QED) is 0.755. The first kappa shape index (κ1) is 13.7. The number of carbonyl (C=O) groups is 1. The van der Waals surface area contributed by atoms with Crippen LogP contribution in [0.15, 0.2) is 9.59 Å². The molecule has 6 heteroatoms. The lowest BCUT2D eigenvalue weighted by molar-refractivity contribution is -0.108. The van der Waals surface area contributed by atoms with Gasteiger partial charge in [-0.1, -0.05) is 19.3 Å². The van der Waals surface area contributed by atoms with Crippen LogP contribution in [-0.2, 0) is 11.3 Å². The number of rotatable bonds is 4. The number of hydrogen-bond donors (Lipinski definition) is 0. The minimum atomic E-state index is -0.559. The van der Waals surface area contributed by atoms with Gasteiger partial charge in [-0.3, -0.25) is 4.57 Å². The van der Waals surface area contributed by atoms with Crippen molar-refractivity contribution in [3.8, 4) is 0 Å². The highest BCUT2D eigenvalue weighted by atomic mass is 16.2. The van der Waals surface area contributed by atoms with Gasteiger partial charge in [-0.15, -0.1) is 0 Å². The van der Waals surface area contributed by atoms with Gasteiger partial charge in [-0.2, -0.15) is 4.98 Å². The van der Waals surface area contributed by atoms with E-state index in [2.05, 4.69) is 4.98 Å². The predicted molar refractivity (Wildman–Crippen MR) is 70.3 cm³/mol. The van der Waals surface area contributed by atoms with E-state index in [0.717, 1.165) is 30.3 Å². The standard InChI is InChI=1S/C13H19N3O3/c1-10-14-12(18)15(8-5-9-17)13(19)16(10)11-6-3-2-4-7-11/h9,11H,2-8H2,1H3. The van der Waals surface area contributed by atoms with E-state index in [1.807, 2.05) is 0 Å². The molecule has 0 amide bonds. The molecule has 0 bridgehead atoms. The van der Waals surface area contributed by atoms with Crippen LogP contribution >= 0.6 is 0 Å². The van der Waals surface area contributed by atoms with Gasteiger partial charge in [0, 0.05) is 19.0 Å². The van der Waals surface area contributed by atoms with Crippen LogP contribution < -0.4 is 11.4 Å². The Hall–Kier alpha value is -1.72. The van der Waals surface area contributed by atoms with Gasteiger partial charge in [0.15, 0.2) is 0 Å². The van der Waals surface area contributed by atoms with E-state index < -0.39 is 5.69 Å². The minimum absolute atomic E-state index is 0.112. The van der Waals surface area contributed by atoms with E-state index in [9.17, 15) is 14.4 Å². The molecule has 1 aromatic heterocycles. The maximum atomic E-state index is 12.4. The molecule has 1 fully saturated rings. The van der Waals surface area contributed by atoms with Gasteiger partial charge in [0.25, 0.3) is 0 Å². The number of aromatic nitrogens is 3. The minimum Gasteiger partial charge on any atom is -0.303 e. The number of aldehydes is 1. The molecule has 0 saturated heterocycles. The summed E-state index contributed by atoms with van der Waals surface area (Å²) < 4.78 is 2.70. The molecule has 104 valence electrons. The lowest BCUT2D eigenvalue weighted by Gasteiger charge is -2.25. The SMILES string of the molecule is Cc1nc(=O)n(CCC=O)c(=O)n1C1CCCCC1. The third kappa shape index (κ3) is 2.83. The summed E-state index contributed by atoms with van der Waals surface area (Å²) in [7, 11) is 0. The van der Waals surface area contributed by atoms with E-state index >= 15 is 0 Å². The zero-order valence-corrected chi connectivity index (χ0v) is 11.2. The molecule has 1 aliphatic rings. The third-order valence-electron chi connectivity index (χ3n) is 3.68. The topological polar surface area (TPSA) is 74.0 Å². The molecule has 0 N–H and O–H groups in total. The van der Waals surface area contributed by atoms with Crippen LogP contribution in [0.3, 0.4) is 0 Å². The molecule has 2 rings (SSSR count). The van der Waals surface area contributed by atoms with Crippen LogP contribution in [0, 0.1) is 6.92 Å². The molecule has 19 heavy (non-hydrogen) atoms. The monoisotopic (exact) mass is 265 g/mol. The number of aryl methyl sites for hydroxylation is 1. The average molecular weight is 265 g/mol. The second-order valence-corrected chi connectivity index (χ2v) is 4.99. The lowest BCUT2D eigenvalue weighted by Crippen LogP contribution is -2.44. The molecule has 1 saturated carbocycles. The van der Waals surface area contributed by atoms with Gasteiger partial charge in [0.2, 0.25) is 0 Å². The fourth-order valence-electron chi connectivity index (χ4n) is 2.74. The van der Waals surface area contributed by atoms with Gasteiger partial charge in [-0.25, -0.2) is 14.2 Å². The Morgan fingerprint density at radius 3 is 2.58 bits per heavy atom. The van der Waals surface area contributed by atoms with Gasteiger partial charge in [0.05, 0.1) is 0 Å². The van der Waals surface area contributed by atoms with E-state index in [4.69, 9.17) is 0 Å². The van der Waals surface area contributed by atoms with Crippen molar-refractivity contribution in [3.05, 3.63) is 26.8 Å². The molecule has 1 heterocycles. The van der Waals surface area contributed by atoms with Gasteiger partial charge >= 0.3 is 11.4 Å². The molecule has 1 aromatic rings. The van der Waals surface area contributed by atoms with Crippen molar-refractivity contribution in [1.29, 1.82) is 0 Å². The summed E-state index contributed by atoms with van der Waals surface area (Å²) in [6.45, 7) is 1.81. The van der Waals surface area contributed by atoms with Crippen molar-refractivity contribution in [3.63, 3.8) is 0 Å². The van der Waals surface area contributed by atoms with Crippen molar-refractivity contribution in [2.24, 2.45) is 0 Å². The molecule has 0 aromatic carbocycles. The highest BCUT2D eigenvalue weighted by molar-refractivity contribution is 5.48. The molecular formula is C13H19N3O3. The summed E-state index contributed by atoms with van der Waals surface area (Å²) in [6, 6.07) is 0.136. The normalized spacial score (nSPS) is 16.5. The van der Waals surface area contributed by atoms with Crippen molar-refractivity contribution < 1.29 is 4.79 Å². The van der Waals surface area contributed by atoms with Crippen LogP contribution in [-0.4, -0.2) is 20.4 Å². The second kappa shape index (κ2) is 5.95. The van der Waals surface area contributed by atoms with Gasteiger partial charge < -0.3 is 4.79 Å². The number of nitrogens with zero attached hydrogens (tertiary/aromatic N) is 3. The van der Waals surface area contributed by atoms with Crippen LogP contribution in [0.4, 0.5) is 0 Å². The van der Waals surface area contributed by atoms with Crippen LogP contribution in [0.5, 0.6) is 0 Å². The summed E-state index contributed by atoms with van der Waals surface area (Å²) in [5, 5.41) is 0. The first-order valence-corrected chi connectivity index (χ1v) is 6.78. The van der Waals surface area contributed by atoms with Gasteiger partial charge in [0.1, 0.15) is 12.1 Å². The Labute approximate surface area is 111 Å². The summed E-state index contributed by atoms with van der Waals surface area (Å²) in [4.78, 5) is 38.4. The van der Waals surface area contributed by atoms with Crippen LogP contribution in [0.1, 0.15) is 50.4 Å².